The van der Waals surface area contributed by atoms with Gasteiger partial charge in [0.2, 0.25) is 0 Å². The van der Waals surface area contributed by atoms with Crippen LogP contribution in [0.3, 0.4) is 0 Å². The normalized spacial score (nSPS) is 16.3. The highest BCUT2D eigenvalue weighted by atomic mass is 32.2. The minimum absolute atomic E-state index is 0.318. The van der Waals surface area contributed by atoms with Crippen molar-refractivity contribution in [1.29, 1.82) is 0 Å². The maximum absolute atomic E-state index is 12.7. The van der Waals surface area contributed by atoms with E-state index in [2.05, 4.69) is 9.62 Å². The van der Waals surface area contributed by atoms with Crippen LogP contribution < -0.4 is 14.4 Å². The fourth-order valence-electron chi connectivity index (χ4n) is 3.35. The van der Waals surface area contributed by atoms with Gasteiger partial charge in [0, 0.05) is 13.1 Å². The van der Waals surface area contributed by atoms with E-state index < -0.39 is 10.0 Å². The van der Waals surface area contributed by atoms with Crippen LogP contribution in [-0.2, 0) is 22.9 Å². The minimum atomic E-state index is -3.59. The number of benzene rings is 2. The standard InChI is InChI=1S/C18H20N2O3S/c1-20-9-10-23-18-12-15(6-8-17(18)20)19-24(21,22)16-7-5-13-3-2-4-14(13)11-16/h5-8,11-12,19H,2-4,9-10H2,1H3. The van der Waals surface area contributed by atoms with Crippen LogP contribution in [0.25, 0.3) is 0 Å². The molecule has 0 bridgehead atoms. The van der Waals surface area contributed by atoms with Crippen molar-refractivity contribution >= 4 is 21.4 Å². The topological polar surface area (TPSA) is 58.6 Å². The molecule has 0 atom stereocenters. The molecule has 0 unspecified atom stereocenters. The van der Waals surface area contributed by atoms with Crippen molar-refractivity contribution in [2.24, 2.45) is 0 Å². The Kier molecular flexibility index (Phi) is 3.64. The lowest BCUT2D eigenvalue weighted by molar-refractivity contribution is 0.311. The summed E-state index contributed by atoms with van der Waals surface area (Å²) in [5, 5.41) is 0. The molecule has 2 aliphatic rings. The van der Waals surface area contributed by atoms with Crippen molar-refractivity contribution < 1.29 is 13.2 Å². The third kappa shape index (κ3) is 2.71. The van der Waals surface area contributed by atoms with Crippen LogP contribution in [0.4, 0.5) is 11.4 Å². The summed E-state index contributed by atoms with van der Waals surface area (Å²) >= 11 is 0. The Bertz CT molecular complexity index is 893. The van der Waals surface area contributed by atoms with Crippen molar-refractivity contribution in [1.82, 2.24) is 0 Å². The highest BCUT2D eigenvalue weighted by Crippen LogP contribution is 2.34. The zero-order valence-corrected chi connectivity index (χ0v) is 14.4. The molecule has 0 amide bonds. The molecule has 0 saturated heterocycles. The molecule has 24 heavy (non-hydrogen) atoms. The fraction of sp³-hybridized carbons (Fsp3) is 0.333. The third-order valence-corrected chi connectivity index (χ3v) is 6.07. The van der Waals surface area contributed by atoms with Gasteiger partial charge in [0.25, 0.3) is 10.0 Å². The number of likely N-dealkylation sites (N-methyl/N-ethyl adjacent to an activating group) is 1. The number of aryl methyl sites for hydroxylation is 2. The fourth-order valence-corrected chi connectivity index (χ4v) is 4.45. The summed E-state index contributed by atoms with van der Waals surface area (Å²) < 4.78 is 33.6. The molecule has 5 nitrogen and oxygen atoms in total. The minimum Gasteiger partial charge on any atom is -0.489 e. The molecule has 1 N–H and O–H groups in total. The van der Waals surface area contributed by atoms with Crippen LogP contribution in [0.15, 0.2) is 41.3 Å². The Labute approximate surface area is 142 Å². The first kappa shape index (κ1) is 15.3. The summed E-state index contributed by atoms with van der Waals surface area (Å²) in [5.41, 5.74) is 3.90. The number of fused-ring (bicyclic) bond motifs is 2. The summed E-state index contributed by atoms with van der Waals surface area (Å²) in [4.78, 5) is 2.41. The van der Waals surface area contributed by atoms with Gasteiger partial charge >= 0.3 is 0 Å². The molecule has 1 aliphatic heterocycles. The largest absolute Gasteiger partial charge is 0.489 e. The van der Waals surface area contributed by atoms with Crippen LogP contribution in [0, 0.1) is 0 Å². The second-order valence-electron chi connectivity index (χ2n) is 6.34. The Hall–Kier alpha value is -2.21. The molecule has 0 aromatic heterocycles. The van der Waals surface area contributed by atoms with E-state index in [1.54, 1.807) is 24.3 Å². The van der Waals surface area contributed by atoms with E-state index in [1.807, 2.05) is 19.2 Å². The highest BCUT2D eigenvalue weighted by molar-refractivity contribution is 7.92. The number of anilines is 2. The van der Waals surface area contributed by atoms with E-state index in [9.17, 15) is 8.42 Å². The average molecular weight is 344 g/mol. The molecule has 0 fully saturated rings. The lowest BCUT2D eigenvalue weighted by Gasteiger charge is -2.28. The number of rotatable bonds is 3. The monoisotopic (exact) mass is 344 g/mol. The molecule has 6 heteroatoms. The van der Waals surface area contributed by atoms with E-state index in [0.717, 1.165) is 37.1 Å². The quantitative estimate of drug-likeness (QED) is 0.930. The summed E-state index contributed by atoms with van der Waals surface area (Å²) in [7, 11) is -1.60. The zero-order chi connectivity index (χ0) is 16.7. The van der Waals surface area contributed by atoms with Gasteiger partial charge in [-0.3, -0.25) is 4.72 Å². The third-order valence-electron chi connectivity index (χ3n) is 4.69. The Balaban J connectivity index is 1.62. The summed E-state index contributed by atoms with van der Waals surface area (Å²) in [5.74, 6) is 0.706. The molecule has 4 rings (SSSR count). The molecular weight excluding hydrogens is 324 g/mol. The average Bonchev–Trinajstić information content (AvgIpc) is 3.02. The molecule has 1 aliphatic carbocycles. The van der Waals surface area contributed by atoms with E-state index in [4.69, 9.17) is 4.74 Å². The van der Waals surface area contributed by atoms with E-state index in [-0.39, 0.29) is 0 Å². The van der Waals surface area contributed by atoms with E-state index in [0.29, 0.717) is 22.9 Å². The molecule has 2 aromatic rings. The van der Waals surface area contributed by atoms with Crippen molar-refractivity contribution in [2.75, 3.05) is 29.8 Å². The Morgan fingerprint density at radius 3 is 2.79 bits per heavy atom. The van der Waals surface area contributed by atoms with Crippen LogP contribution in [-0.4, -0.2) is 28.6 Å². The molecule has 0 radical (unpaired) electrons. The molecule has 1 heterocycles. The summed E-state index contributed by atoms with van der Waals surface area (Å²) in [6.07, 6.45) is 3.10. The maximum Gasteiger partial charge on any atom is 0.261 e. The lowest BCUT2D eigenvalue weighted by atomic mass is 10.1. The first-order chi connectivity index (χ1) is 11.5. The van der Waals surface area contributed by atoms with Gasteiger partial charge < -0.3 is 9.64 Å². The van der Waals surface area contributed by atoms with Gasteiger partial charge in [-0.25, -0.2) is 8.42 Å². The molecular formula is C18H20N2O3S. The van der Waals surface area contributed by atoms with Crippen LogP contribution >= 0.6 is 0 Å². The van der Waals surface area contributed by atoms with Crippen LogP contribution in [0.5, 0.6) is 5.75 Å². The molecule has 126 valence electrons. The van der Waals surface area contributed by atoms with Gasteiger partial charge in [-0.05, 0) is 54.7 Å². The smallest absolute Gasteiger partial charge is 0.261 e. The molecule has 2 aromatic carbocycles. The predicted octanol–water partition coefficient (Wildman–Crippen LogP) is 2.80. The van der Waals surface area contributed by atoms with Gasteiger partial charge in [0.05, 0.1) is 22.8 Å². The second-order valence-corrected chi connectivity index (χ2v) is 8.02. The number of hydrogen-bond acceptors (Lipinski definition) is 4. The van der Waals surface area contributed by atoms with Crippen molar-refractivity contribution in [3.63, 3.8) is 0 Å². The second kappa shape index (κ2) is 5.70. The van der Waals surface area contributed by atoms with E-state index in [1.165, 1.54) is 5.56 Å². The first-order valence-corrected chi connectivity index (χ1v) is 9.64. The number of hydrogen-bond donors (Lipinski definition) is 1. The van der Waals surface area contributed by atoms with Crippen molar-refractivity contribution in [3.8, 4) is 5.75 Å². The molecule has 0 spiro atoms. The van der Waals surface area contributed by atoms with Gasteiger partial charge in [-0.1, -0.05) is 6.07 Å². The van der Waals surface area contributed by atoms with Gasteiger partial charge in [-0.15, -0.1) is 0 Å². The Morgan fingerprint density at radius 2 is 1.92 bits per heavy atom. The molecule has 0 saturated carbocycles. The highest BCUT2D eigenvalue weighted by Gasteiger charge is 2.20. The first-order valence-electron chi connectivity index (χ1n) is 8.15. The summed E-state index contributed by atoms with van der Waals surface area (Å²) in [6, 6.07) is 10.8. The van der Waals surface area contributed by atoms with E-state index >= 15 is 0 Å². The SMILES string of the molecule is CN1CCOc2cc(NS(=O)(=O)c3ccc4c(c3)CCC4)ccc21. The van der Waals surface area contributed by atoms with Crippen molar-refractivity contribution in [3.05, 3.63) is 47.5 Å². The lowest BCUT2D eigenvalue weighted by Crippen LogP contribution is -2.28. The van der Waals surface area contributed by atoms with Gasteiger partial charge in [-0.2, -0.15) is 0 Å². The zero-order valence-electron chi connectivity index (χ0n) is 13.6. The predicted molar refractivity (Wildman–Crippen MR) is 94.5 cm³/mol. The van der Waals surface area contributed by atoms with Crippen molar-refractivity contribution in [2.45, 2.75) is 24.2 Å². The van der Waals surface area contributed by atoms with Crippen LogP contribution in [0.1, 0.15) is 17.5 Å². The Morgan fingerprint density at radius 1 is 1.08 bits per heavy atom. The van der Waals surface area contributed by atoms with Gasteiger partial charge in [0.1, 0.15) is 12.4 Å². The number of sulfonamides is 1. The van der Waals surface area contributed by atoms with Gasteiger partial charge in [0.15, 0.2) is 0 Å². The van der Waals surface area contributed by atoms with Crippen LogP contribution in [0.2, 0.25) is 0 Å². The summed E-state index contributed by atoms with van der Waals surface area (Å²) in [6.45, 7) is 1.43. The number of nitrogens with one attached hydrogen (secondary N) is 1. The maximum atomic E-state index is 12.7. The number of ether oxygens (including phenoxy) is 1. The number of nitrogens with zero attached hydrogens (tertiary/aromatic N) is 1.